The average Bonchev–Trinajstić information content (AvgIpc) is 3.05. The van der Waals surface area contributed by atoms with Crippen LogP contribution >= 0.6 is 0 Å². The lowest BCUT2D eigenvalue weighted by Crippen LogP contribution is -2.29. The average molecular weight is 247 g/mol. The summed E-state index contributed by atoms with van der Waals surface area (Å²) in [6.45, 7) is 0.954. The maximum Gasteiger partial charge on any atom is 0.296 e. The fourth-order valence-electron chi connectivity index (χ4n) is 3.08. The minimum Gasteiger partial charge on any atom is -0.260 e. The van der Waals surface area contributed by atoms with E-state index in [4.69, 9.17) is 0 Å². The summed E-state index contributed by atoms with van der Waals surface area (Å²) in [7, 11) is 0. The molecule has 0 unspecified atom stereocenters. The Bertz CT molecular complexity index is 945. The maximum absolute atomic E-state index is 4.20. The van der Waals surface area contributed by atoms with E-state index in [2.05, 4.69) is 55.0 Å². The van der Waals surface area contributed by atoms with Crippen LogP contribution in [0.15, 0.2) is 55.2 Å². The first-order chi connectivity index (χ1) is 9.42. The minimum atomic E-state index is 0.954. The van der Waals surface area contributed by atoms with Gasteiger partial charge in [-0.3, -0.25) is 4.40 Å². The van der Waals surface area contributed by atoms with Gasteiger partial charge >= 0.3 is 0 Å². The predicted octanol–water partition coefficient (Wildman–Crippen LogP) is 1.90. The summed E-state index contributed by atoms with van der Waals surface area (Å²) in [6, 6.07) is 10.6. The van der Waals surface area contributed by atoms with Crippen LogP contribution in [-0.2, 0) is 6.54 Å². The second kappa shape index (κ2) is 3.03. The molecule has 0 N–H and O–H groups in total. The minimum absolute atomic E-state index is 0.954. The van der Waals surface area contributed by atoms with Crippen molar-refractivity contribution in [2.75, 3.05) is 0 Å². The van der Waals surface area contributed by atoms with Crippen LogP contribution < -0.4 is 4.57 Å². The number of aromatic nitrogens is 4. The van der Waals surface area contributed by atoms with Crippen molar-refractivity contribution in [3.63, 3.8) is 0 Å². The molecule has 0 spiro atoms. The van der Waals surface area contributed by atoms with E-state index in [-0.39, 0.29) is 0 Å². The second-order valence-corrected chi connectivity index (χ2v) is 4.97. The van der Waals surface area contributed by atoms with Gasteiger partial charge in [0.15, 0.2) is 6.20 Å². The van der Waals surface area contributed by atoms with E-state index in [0.29, 0.717) is 0 Å². The van der Waals surface area contributed by atoms with Crippen molar-refractivity contribution in [2.45, 2.75) is 6.54 Å². The zero-order chi connectivity index (χ0) is 12.4. The number of hydrogen-bond donors (Lipinski definition) is 0. The van der Waals surface area contributed by atoms with Gasteiger partial charge in [0.25, 0.3) is 11.5 Å². The van der Waals surface area contributed by atoms with Crippen molar-refractivity contribution in [1.29, 1.82) is 0 Å². The molecule has 0 saturated carbocycles. The number of imidazole rings is 2. The van der Waals surface area contributed by atoms with E-state index in [1.807, 2.05) is 18.6 Å². The highest BCUT2D eigenvalue weighted by Crippen LogP contribution is 2.28. The van der Waals surface area contributed by atoms with Crippen LogP contribution in [0, 0.1) is 0 Å². The van der Waals surface area contributed by atoms with Crippen molar-refractivity contribution in [3.8, 4) is 11.4 Å². The van der Waals surface area contributed by atoms with Gasteiger partial charge in [0.2, 0.25) is 0 Å². The fraction of sp³-hybridized carbons (Fsp3) is 0.0667. The second-order valence-electron chi connectivity index (χ2n) is 4.97. The molecule has 3 aromatic heterocycles. The lowest BCUT2D eigenvalue weighted by atomic mass is 10.1. The van der Waals surface area contributed by atoms with E-state index >= 15 is 0 Å². The third-order valence-electron chi connectivity index (χ3n) is 3.92. The Hall–Kier alpha value is -2.62. The molecular formula is C15H11N4+. The topological polar surface area (TPSA) is 25.6 Å². The zero-order valence-electron chi connectivity index (χ0n) is 10.2. The van der Waals surface area contributed by atoms with E-state index in [1.54, 1.807) is 0 Å². The van der Waals surface area contributed by atoms with Gasteiger partial charge in [0.05, 0.1) is 11.1 Å². The van der Waals surface area contributed by atoms with E-state index in [0.717, 1.165) is 17.7 Å². The predicted molar refractivity (Wildman–Crippen MR) is 70.9 cm³/mol. The molecular weight excluding hydrogens is 236 g/mol. The Labute approximate surface area is 109 Å². The quantitative estimate of drug-likeness (QED) is 0.384. The first-order valence-corrected chi connectivity index (χ1v) is 6.36. The van der Waals surface area contributed by atoms with Crippen molar-refractivity contribution in [1.82, 2.24) is 13.8 Å². The molecule has 0 radical (unpaired) electrons. The standard InChI is InChI=1S/C15H11N4/c1-2-4-13-11(3-1)7-17-9-14-18(15(13)17)8-12-5-6-16-10-19(12)14/h1-6,8-10H,7H2/q+1. The zero-order valence-corrected chi connectivity index (χ0v) is 10.2. The third kappa shape index (κ3) is 1.04. The molecule has 1 aromatic carbocycles. The molecule has 0 saturated heterocycles. The molecule has 90 valence electrons. The van der Waals surface area contributed by atoms with Crippen LogP contribution in [0.25, 0.3) is 22.6 Å². The summed E-state index contributed by atoms with van der Waals surface area (Å²) in [5.41, 5.74) is 5.04. The molecule has 4 heterocycles. The fourth-order valence-corrected chi connectivity index (χ4v) is 3.08. The number of benzene rings is 1. The Kier molecular flexibility index (Phi) is 1.49. The highest BCUT2D eigenvalue weighted by molar-refractivity contribution is 5.67. The lowest BCUT2D eigenvalue weighted by molar-refractivity contribution is -0.670. The smallest absolute Gasteiger partial charge is 0.260 e. The van der Waals surface area contributed by atoms with Crippen LogP contribution in [0.3, 0.4) is 0 Å². The summed E-state index contributed by atoms with van der Waals surface area (Å²) in [5, 5.41) is 0. The lowest BCUT2D eigenvalue weighted by Gasteiger charge is -1.91. The molecule has 4 heteroatoms. The van der Waals surface area contributed by atoms with Gasteiger partial charge in [-0.15, -0.1) is 0 Å². The summed E-state index contributed by atoms with van der Waals surface area (Å²) < 4.78 is 6.68. The highest BCUT2D eigenvalue weighted by atomic mass is 15.2. The SMILES string of the molecule is c1ccc2c(c1)C[n+]1cc3n(cc4ccncn43)c1-2. The highest BCUT2D eigenvalue weighted by Gasteiger charge is 2.30. The van der Waals surface area contributed by atoms with E-state index in [1.165, 1.54) is 17.0 Å². The Balaban J connectivity index is 1.97. The summed E-state index contributed by atoms with van der Waals surface area (Å²) in [4.78, 5) is 4.20. The summed E-state index contributed by atoms with van der Waals surface area (Å²) >= 11 is 0. The Morgan fingerprint density at radius 3 is 3.05 bits per heavy atom. The van der Waals surface area contributed by atoms with E-state index in [9.17, 15) is 0 Å². The van der Waals surface area contributed by atoms with Gasteiger partial charge < -0.3 is 0 Å². The van der Waals surface area contributed by atoms with Crippen LogP contribution in [-0.4, -0.2) is 13.8 Å². The van der Waals surface area contributed by atoms with Gasteiger partial charge in [0, 0.05) is 11.8 Å². The monoisotopic (exact) mass is 247 g/mol. The molecule has 4 nitrogen and oxygen atoms in total. The molecule has 0 atom stereocenters. The van der Waals surface area contributed by atoms with Crippen molar-refractivity contribution in [2.24, 2.45) is 0 Å². The molecule has 0 amide bonds. The van der Waals surface area contributed by atoms with Gasteiger partial charge in [-0.05, 0) is 12.1 Å². The van der Waals surface area contributed by atoms with Crippen molar-refractivity contribution in [3.05, 3.63) is 60.8 Å². The van der Waals surface area contributed by atoms with E-state index < -0.39 is 0 Å². The molecule has 0 bridgehead atoms. The van der Waals surface area contributed by atoms with Crippen LogP contribution in [0.2, 0.25) is 0 Å². The van der Waals surface area contributed by atoms with Gasteiger partial charge in [-0.2, -0.15) is 4.40 Å². The molecule has 0 aliphatic carbocycles. The number of rotatable bonds is 0. The summed E-state index contributed by atoms with van der Waals surface area (Å²) in [6.07, 6.45) is 8.07. The first-order valence-electron chi connectivity index (χ1n) is 6.36. The Morgan fingerprint density at radius 2 is 2.05 bits per heavy atom. The maximum atomic E-state index is 4.20. The first kappa shape index (κ1) is 9.33. The summed E-state index contributed by atoms with van der Waals surface area (Å²) in [5.74, 6) is 1.26. The van der Waals surface area contributed by atoms with Crippen LogP contribution in [0.4, 0.5) is 0 Å². The number of fused-ring (bicyclic) bond motifs is 7. The molecule has 4 aromatic rings. The number of hydrogen-bond acceptors (Lipinski definition) is 1. The van der Waals surface area contributed by atoms with Gasteiger partial charge in [0.1, 0.15) is 19.1 Å². The van der Waals surface area contributed by atoms with Gasteiger partial charge in [-0.1, -0.05) is 18.2 Å². The third-order valence-corrected chi connectivity index (χ3v) is 3.92. The van der Waals surface area contributed by atoms with Crippen molar-refractivity contribution >= 4 is 11.2 Å². The van der Waals surface area contributed by atoms with Crippen molar-refractivity contribution < 1.29 is 4.57 Å². The number of nitrogens with zero attached hydrogens (tertiary/aromatic N) is 4. The molecule has 0 fully saturated rings. The molecule has 1 aliphatic heterocycles. The van der Waals surface area contributed by atoms with Crippen LogP contribution in [0.1, 0.15) is 5.56 Å². The van der Waals surface area contributed by atoms with Gasteiger partial charge in [-0.25, -0.2) is 9.55 Å². The molecule has 1 aliphatic rings. The molecule has 5 rings (SSSR count). The largest absolute Gasteiger partial charge is 0.296 e. The Morgan fingerprint density at radius 1 is 1.11 bits per heavy atom. The van der Waals surface area contributed by atoms with Crippen LogP contribution in [0.5, 0.6) is 0 Å². The normalized spacial score (nSPS) is 13.1. The molecule has 19 heavy (non-hydrogen) atoms.